The molecule has 0 aliphatic heterocycles. The first-order chi connectivity index (χ1) is 11.0. The summed E-state index contributed by atoms with van der Waals surface area (Å²) in [7, 11) is 0. The zero-order valence-corrected chi connectivity index (χ0v) is 15.9. The van der Waals surface area contributed by atoms with Gasteiger partial charge in [0, 0.05) is 11.4 Å². The summed E-state index contributed by atoms with van der Waals surface area (Å²) in [4.78, 5) is 8.84. The highest BCUT2D eigenvalue weighted by Gasteiger charge is 2.21. The highest BCUT2D eigenvalue weighted by molar-refractivity contribution is 7.98. The van der Waals surface area contributed by atoms with Crippen LogP contribution in [0.1, 0.15) is 12.7 Å². The van der Waals surface area contributed by atoms with Crippen molar-refractivity contribution in [3.05, 3.63) is 38.2 Å². The lowest BCUT2D eigenvalue weighted by molar-refractivity contribution is 0.844. The molecule has 0 bridgehead atoms. The van der Waals surface area contributed by atoms with Crippen molar-refractivity contribution in [1.29, 1.82) is 0 Å². The van der Waals surface area contributed by atoms with E-state index < -0.39 is 0 Å². The van der Waals surface area contributed by atoms with E-state index in [4.69, 9.17) is 46.4 Å². The third-order valence-corrected chi connectivity index (χ3v) is 4.94. The van der Waals surface area contributed by atoms with Gasteiger partial charge in [0.25, 0.3) is 0 Å². The largest absolute Gasteiger partial charge is 0.220 e. The van der Waals surface area contributed by atoms with Gasteiger partial charge < -0.3 is 0 Å². The van der Waals surface area contributed by atoms with Crippen molar-refractivity contribution in [2.45, 2.75) is 18.4 Å². The number of hydrogen-bond donors (Lipinski definition) is 0. The van der Waals surface area contributed by atoms with Crippen LogP contribution in [0.2, 0.25) is 20.2 Å². The SMILES string of the molecule is CCc1nc(Cl)c2c(SC)nn(-c3c(Cl)cc(Cl)cc3Cl)c2n1. The van der Waals surface area contributed by atoms with Crippen LogP contribution in [-0.4, -0.2) is 26.0 Å². The second-order valence-electron chi connectivity index (χ2n) is 4.62. The fourth-order valence-corrected chi connectivity index (χ4v) is 4.04. The lowest BCUT2D eigenvalue weighted by Gasteiger charge is -2.09. The monoisotopic (exact) mass is 406 g/mol. The van der Waals surface area contributed by atoms with Crippen LogP contribution in [0.15, 0.2) is 17.2 Å². The maximum Gasteiger partial charge on any atom is 0.169 e. The van der Waals surface area contributed by atoms with Crippen molar-refractivity contribution in [3.8, 4) is 5.69 Å². The first-order valence-electron chi connectivity index (χ1n) is 6.60. The van der Waals surface area contributed by atoms with E-state index in [1.165, 1.54) is 11.8 Å². The Hall–Kier alpha value is -0.720. The molecule has 0 N–H and O–H groups in total. The summed E-state index contributed by atoms with van der Waals surface area (Å²) < 4.78 is 1.59. The molecule has 120 valence electrons. The normalized spacial score (nSPS) is 11.4. The molecule has 0 unspecified atom stereocenters. The van der Waals surface area contributed by atoms with E-state index in [9.17, 15) is 0 Å². The predicted octanol–water partition coefficient (Wildman–Crippen LogP) is 5.71. The van der Waals surface area contributed by atoms with Crippen molar-refractivity contribution >= 4 is 69.2 Å². The van der Waals surface area contributed by atoms with E-state index in [2.05, 4.69) is 15.1 Å². The number of fused-ring (bicyclic) bond motifs is 1. The summed E-state index contributed by atoms with van der Waals surface area (Å²) in [6.07, 6.45) is 2.55. The molecule has 0 aliphatic carbocycles. The van der Waals surface area contributed by atoms with Crippen molar-refractivity contribution in [1.82, 2.24) is 19.7 Å². The Morgan fingerprint density at radius 2 is 1.74 bits per heavy atom. The Morgan fingerprint density at radius 3 is 2.30 bits per heavy atom. The average molecular weight is 408 g/mol. The van der Waals surface area contributed by atoms with Gasteiger partial charge in [-0.2, -0.15) is 5.10 Å². The molecule has 9 heteroatoms. The minimum Gasteiger partial charge on any atom is -0.220 e. The van der Waals surface area contributed by atoms with Crippen LogP contribution >= 0.6 is 58.2 Å². The molecule has 23 heavy (non-hydrogen) atoms. The summed E-state index contributed by atoms with van der Waals surface area (Å²) in [5.74, 6) is 0.623. The van der Waals surface area contributed by atoms with Crippen LogP contribution in [0, 0.1) is 0 Å². The Kier molecular flexibility index (Phi) is 4.95. The first kappa shape index (κ1) is 17.1. The van der Waals surface area contributed by atoms with Crippen LogP contribution in [0.5, 0.6) is 0 Å². The zero-order chi connectivity index (χ0) is 16.7. The maximum atomic E-state index is 6.33. The molecule has 0 spiro atoms. The van der Waals surface area contributed by atoms with Crippen molar-refractivity contribution in [2.24, 2.45) is 0 Å². The lowest BCUT2D eigenvalue weighted by atomic mass is 10.3. The van der Waals surface area contributed by atoms with Gasteiger partial charge in [-0.1, -0.05) is 53.3 Å². The fraction of sp³-hybridized carbons (Fsp3) is 0.214. The van der Waals surface area contributed by atoms with Crippen molar-refractivity contribution < 1.29 is 0 Å². The number of nitrogens with zero attached hydrogens (tertiary/aromatic N) is 4. The molecular weight excluding hydrogens is 398 g/mol. The van der Waals surface area contributed by atoms with Crippen LogP contribution in [-0.2, 0) is 6.42 Å². The number of aryl methyl sites for hydroxylation is 1. The van der Waals surface area contributed by atoms with Gasteiger partial charge in [-0.3, -0.25) is 0 Å². The summed E-state index contributed by atoms with van der Waals surface area (Å²) in [5, 5.41) is 7.51. The maximum absolute atomic E-state index is 6.33. The Labute approximate surface area is 157 Å². The molecule has 1 aromatic carbocycles. The minimum atomic E-state index is 0.364. The highest BCUT2D eigenvalue weighted by atomic mass is 35.5. The molecule has 0 fully saturated rings. The molecule has 2 aromatic heterocycles. The van der Waals surface area contributed by atoms with Gasteiger partial charge in [-0.05, 0) is 18.4 Å². The van der Waals surface area contributed by atoms with Crippen molar-refractivity contribution in [2.75, 3.05) is 6.26 Å². The molecule has 3 aromatic rings. The summed E-state index contributed by atoms with van der Waals surface area (Å²) in [6.45, 7) is 1.95. The van der Waals surface area contributed by atoms with Crippen LogP contribution < -0.4 is 0 Å². The number of halogens is 4. The van der Waals surface area contributed by atoms with E-state index in [1.54, 1.807) is 16.8 Å². The van der Waals surface area contributed by atoms with E-state index in [0.717, 1.165) is 0 Å². The molecular formula is C14H10Cl4N4S. The van der Waals surface area contributed by atoms with Crippen LogP contribution in [0.4, 0.5) is 0 Å². The number of thioether (sulfide) groups is 1. The van der Waals surface area contributed by atoms with E-state index >= 15 is 0 Å². The zero-order valence-electron chi connectivity index (χ0n) is 12.1. The van der Waals surface area contributed by atoms with Crippen molar-refractivity contribution in [3.63, 3.8) is 0 Å². The summed E-state index contributed by atoms with van der Waals surface area (Å²) >= 11 is 26.4. The second kappa shape index (κ2) is 6.65. The number of hydrogen-bond acceptors (Lipinski definition) is 4. The molecule has 3 rings (SSSR count). The first-order valence-corrected chi connectivity index (χ1v) is 9.34. The predicted molar refractivity (Wildman–Crippen MR) is 97.9 cm³/mol. The Bertz CT molecular complexity index is 886. The minimum absolute atomic E-state index is 0.364. The summed E-state index contributed by atoms with van der Waals surface area (Å²) in [5.41, 5.74) is 1.08. The highest BCUT2D eigenvalue weighted by Crippen LogP contribution is 2.37. The molecule has 2 heterocycles. The Morgan fingerprint density at radius 1 is 1.09 bits per heavy atom. The fourth-order valence-electron chi connectivity index (χ4n) is 2.18. The van der Waals surface area contributed by atoms with Gasteiger partial charge in [0.05, 0.1) is 15.4 Å². The lowest BCUT2D eigenvalue weighted by Crippen LogP contribution is -2.02. The number of rotatable bonds is 3. The third-order valence-electron chi connectivity index (χ3n) is 3.20. The van der Waals surface area contributed by atoms with Crippen LogP contribution in [0.3, 0.4) is 0 Å². The average Bonchev–Trinajstić information content (AvgIpc) is 2.85. The molecule has 4 nitrogen and oxygen atoms in total. The topological polar surface area (TPSA) is 43.6 Å². The summed E-state index contributed by atoms with van der Waals surface area (Å²) in [6, 6.07) is 3.22. The van der Waals surface area contributed by atoms with E-state index in [1.807, 2.05) is 13.2 Å². The standard InChI is InChI=1S/C14H10Cl4N4S/c1-3-9-19-12(18)10-13(20-9)22(21-14(10)23-2)11-7(16)4-6(15)5-8(11)17/h4-5H,3H2,1-2H3. The van der Waals surface area contributed by atoms with Gasteiger partial charge in [0.2, 0.25) is 0 Å². The third kappa shape index (κ3) is 3.01. The van der Waals surface area contributed by atoms with Gasteiger partial charge >= 0.3 is 0 Å². The molecule has 0 amide bonds. The van der Waals surface area contributed by atoms with Gasteiger partial charge in [-0.15, -0.1) is 11.8 Å². The molecule has 0 atom stereocenters. The second-order valence-corrected chi connectivity index (χ2v) is 7.03. The van der Waals surface area contributed by atoms with Gasteiger partial charge in [0.15, 0.2) is 5.65 Å². The smallest absolute Gasteiger partial charge is 0.169 e. The van der Waals surface area contributed by atoms with E-state index in [-0.39, 0.29) is 0 Å². The molecule has 0 saturated heterocycles. The van der Waals surface area contributed by atoms with Gasteiger partial charge in [0.1, 0.15) is 21.7 Å². The quantitative estimate of drug-likeness (QED) is 0.411. The Balaban J connectivity index is 2.41. The van der Waals surface area contributed by atoms with Crippen LogP contribution in [0.25, 0.3) is 16.7 Å². The molecule has 0 radical (unpaired) electrons. The number of benzene rings is 1. The molecule has 0 saturated carbocycles. The number of aromatic nitrogens is 4. The van der Waals surface area contributed by atoms with Gasteiger partial charge in [-0.25, -0.2) is 14.6 Å². The van der Waals surface area contributed by atoms with E-state index in [0.29, 0.717) is 54.2 Å². The molecule has 0 aliphatic rings.